The van der Waals surface area contributed by atoms with Gasteiger partial charge >= 0.3 is 5.97 Å². The average molecular weight is 872 g/mol. The third-order valence-electron chi connectivity index (χ3n) is 14.1. The molecule has 0 aromatic carbocycles. The molecule has 0 aromatic heterocycles. The summed E-state index contributed by atoms with van der Waals surface area (Å²) < 4.78 is 24.0. The summed E-state index contributed by atoms with van der Waals surface area (Å²) in [4.78, 5) is 57.0. The first-order chi connectivity index (χ1) is 29.3. The number of Topliss-reactive ketones (excluding diaryl/α,β-unsaturated/α-hetero) is 2. The number of cyclic esters (lactones) is 1. The lowest BCUT2D eigenvalue weighted by Gasteiger charge is -2.43. The minimum Gasteiger partial charge on any atom is -0.460 e. The van der Waals surface area contributed by atoms with Gasteiger partial charge in [-0.15, -0.1) is 0 Å². The molecule has 1 saturated carbocycles. The molecule has 1 aliphatic carbocycles. The molecule has 1 unspecified atom stereocenters. The number of hydrogen-bond acceptors (Lipinski definition) is 12. The monoisotopic (exact) mass is 872 g/mol. The number of fused-ring (bicyclic) bond motifs is 3. The van der Waals surface area contributed by atoms with Gasteiger partial charge in [0, 0.05) is 51.4 Å². The number of ether oxygens (including phenoxy) is 4. The summed E-state index contributed by atoms with van der Waals surface area (Å²) in [6, 6.07) is -0.906. The first kappa shape index (κ1) is 51.6. The van der Waals surface area contributed by atoms with Crippen molar-refractivity contribution in [1.29, 1.82) is 0 Å². The number of esters is 1. The molecule has 0 radical (unpaired) electrons. The molecule has 62 heavy (non-hydrogen) atoms. The topological polar surface area (TPSA) is 189 Å². The van der Waals surface area contributed by atoms with Gasteiger partial charge in [0.2, 0.25) is 5.91 Å². The lowest BCUT2D eigenvalue weighted by atomic mass is 9.78. The number of carbonyl (C=O) groups is 4. The van der Waals surface area contributed by atoms with Crippen LogP contribution in [0.1, 0.15) is 126 Å². The van der Waals surface area contributed by atoms with Gasteiger partial charge in [0.15, 0.2) is 11.6 Å². The van der Waals surface area contributed by atoms with Crippen molar-refractivity contribution in [1.82, 2.24) is 4.90 Å². The first-order valence-electron chi connectivity index (χ1n) is 23.0. The quantitative estimate of drug-likeness (QED) is 0.188. The Morgan fingerprint density at radius 2 is 1.60 bits per heavy atom. The minimum absolute atomic E-state index is 0.00605. The van der Waals surface area contributed by atoms with Crippen LogP contribution in [0.2, 0.25) is 0 Å². The molecule has 3 aliphatic heterocycles. The normalized spacial score (nSPS) is 41.6. The van der Waals surface area contributed by atoms with Crippen LogP contribution in [0.5, 0.6) is 0 Å². The van der Waals surface area contributed by atoms with Gasteiger partial charge in [0.25, 0.3) is 0 Å². The molecule has 3 fully saturated rings. The molecule has 4 rings (SSSR count). The second-order valence-electron chi connectivity index (χ2n) is 19.1. The van der Waals surface area contributed by atoms with Gasteiger partial charge in [-0.05, 0) is 101 Å². The molecule has 0 aromatic rings. The number of carbonyl (C=O) groups excluding carboxylic acids is 4. The molecule has 4 aliphatic rings. The molecule has 13 heteroatoms. The van der Waals surface area contributed by atoms with E-state index in [1.54, 1.807) is 41.1 Å². The number of nitrogens with zero attached hydrogens (tertiary/aromatic N) is 1. The van der Waals surface area contributed by atoms with Crippen molar-refractivity contribution in [3.63, 3.8) is 0 Å². The van der Waals surface area contributed by atoms with Crippen molar-refractivity contribution in [2.45, 2.75) is 180 Å². The van der Waals surface area contributed by atoms with Crippen LogP contribution in [0, 0.1) is 35.5 Å². The molecule has 1 amide bonds. The second-order valence-corrected chi connectivity index (χ2v) is 19.1. The van der Waals surface area contributed by atoms with E-state index in [0.717, 1.165) is 12.0 Å². The molecular weight excluding hydrogens is 795 g/mol. The van der Waals surface area contributed by atoms with Crippen LogP contribution >= 0.6 is 0 Å². The minimum atomic E-state index is -1.75. The van der Waals surface area contributed by atoms with E-state index >= 15 is 0 Å². The Morgan fingerprint density at radius 1 is 0.871 bits per heavy atom. The molecule has 15 atom stereocenters. The highest BCUT2D eigenvalue weighted by atomic mass is 16.6. The van der Waals surface area contributed by atoms with Gasteiger partial charge in [-0.1, -0.05) is 71.1 Å². The van der Waals surface area contributed by atoms with Gasteiger partial charge in [-0.25, -0.2) is 4.79 Å². The van der Waals surface area contributed by atoms with Crippen LogP contribution in [-0.4, -0.2) is 124 Å². The van der Waals surface area contributed by atoms with Gasteiger partial charge in [-0.2, -0.15) is 0 Å². The summed E-state index contributed by atoms with van der Waals surface area (Å²) >= 11 is 0. The smallest absolute Gasteiger partial charge is 0.329 e. The first-order valence-corrected chi connectivity index (χ1v) is 23.0. The highest BCUT2D eigenvalue weighted by molar-refractivity contribution is 5.87. The zero-order chi connectivity index (χ0) is 45.9. The Balaban J connectivity index is 1.64. The van der Waals surface area contributed by atoms with Crippen LogP contribution in [0.25, 0.3) is 0 Å². The fourth-order valence-electron chi connectivity index (χ4n) is 9.82. The molecule has 3 heterocycles. The van der Waals surface area contributed by atoms with Gasteiger partial charge in [-0.3, -0.25) is 14.4 Å². The molecular formula is C49H77NO12. The molecule has 0 spiro atoms. The number of ketones is 2. The second kappa shape index (κ2) is 23.8. The van der Waals surface area contributed by atoms with E-state index in [-0.39, 0.29) is 66.2 Å². The summed E-state index contributed by atoms with van der Waals surface area (Å²) in [6.07, 6.45) is 10.8. The number of methoxy groups -OCH3 is 2. The maximum absolute atomic E-state index is 14.2. The maximum Gasteiger partial charge on any atom is 0.329 e. The summed E-state index contributed by atoms with van der Waals surface area (Å²) in [5, 5.41) is 44.4. The molecule has 4 N–H and O–H groups in total. The summed E-state index contributed by atoms with van der Waals surface area (Å²) in [5.41, 5.74) is 1.23. The predicted octanol–water partition coefficient (Wildman–Crippen LogP) is 5.96. The van der Waals surface area contributed by atoms with E-state index in [4.69, 9.17) is 18.9 Å². The Kier molecular flexibility index (Phi) is 19.8. The highest BCUT2D eigenvalue weighted by Crippen LogP contribution is 2.39. The Labute approximate surface area is 370 Å². The van der Waals surface area contributed by atoms with Crippen LogP contribution in [-0.2, 0) is 38.1 Å². The van der Waals surface area contributed by atoms with Crippen molar-refractivity contribution in [2.24, 2.45) is 35.5 Å². The third kappa shape index (κ3) is 14.0. The van der Waals surface area contributed by atoms with E-state index in [9.17, 15) is 39.6 Å². The van der Waals surface area contributed by atoms with E-state index in [1.165, 1.54) is 4.90 Å². The largest absolute Gasteiger partial charge is 0.460 e. The Morgan fingerprint density at radius 3 is 2.29 bits per heavy atom. The fraction of sp³-hybridized carbons (Fsp3) is 0.755. The number of amides is 1. The standard InChI is InChI=1S/C49H77NO12/c1-29-14-11-10-12-15-30(2)41(59-8)26-37-19-17-35(7)49(58,62-37)28-44(53)50-21-13-16-38(50)48(57)61-42(32(4)24-36-18-20-39(51)43(25-36)60-9)27-40(52)31(3)23-34(6)46(55)47(56)45(54)33(5)22-29/h10-12,14-15,23,29,31-33,35-39,41-43,46-47,51,55-56,58H,13,16-22,24-28H2,1-9H3/b12-10+,14-11+,30-15+,34-23+/t29-,31-,32-,33-,35-,36+,37+,38?,39-,41+,42+,43-,46-,47+,49+/m1/s1. The summed E-state index contributed by atoms with van der Waals surface area (Å²) in [7, 11) is 3.20. The summed E-state index contributed by atoms with van der Waals surface area (Å²) in [6.45, 7) is 13.0. The number of aliphatic hydroxyl groups is 4. The van der Waals surface area contributed by atoms with Gasteiger partial charge in [0.1, 0.15) is 30.1 Å². The van der Waals surface area contributed by atoms with E-state index in [0.29, 0.717) is 64.3 Å². The van der Waals surface area contributed by atoms with Gasteiger partial charge in [0.05, 0.1) is 30.8 Å². The van der Waals surface area contributed by atoms with E-state index < -0.39 is 65.7 Å². The summed E-state index contributed by atoms with van der Waals surface area (Å²) in [5.74, 6) is -5.30. The number of aliphatic hydroxyl groups excluding tert-OH is 3. The zero-order valence-electron chi connectivity index (χ0n) is 38.7. The van der Waals surface area contributed by atoms with E-state index in [1.807, 2.05) is 58.1 Å². The SMILES string of the molecule is CO[C@H]1C[C@@H]2CC[C@@H](C)[C@](O)(CC(=O)N3CCCC3C(=O)O[C@H]([C@H](C)C[C@@H]3CC[C@@H](O)[C@H](OC)C3)CC(=O)[C@H](C)/C=C(\C)[C@@H](O)[C@@H](O)C(=O)[C@H](C)C[C@H](C)/C=C/C=C/C=C/1C)O2. The van der Waals surface area contributed by atoms with E-state index in [2.05, 4.69) is 0 Å². The molecule has 350 valence electrons. The van der Waals surface area contributed by atoms with Crippen LogP contribution < -0.4 is 0 Å². The Bertz CT molecular complexity index is 1640. The maximum atomic E-state index is 14.2. The van der Waals surface area contributed by atoms with Gasteiger partial charge < -0.3 is 44.3 Å². The highest BCUT2D eigenvalue weighted by Gasteiger charge is 2.47. The molecule has 2 bridgehead atoms. The fourth-order valence-corrected chi connectivity index (χ4v) is 9.82. The van der Waals surface area contributed by atoms with Crippen molar-refractivity contribution < 1.29 is 58.6 Å². The zero-order valence-corrected chi connectivity index (χ0v) is 38.7. The van der Waals surface area contributed by atoms with Crippen molar-refractivity contribution >= 4 is 23.4 Å². The van der Waals surface area contributed by atoms with Crippen LogP contribution in [0.4, 0.5) is 0 Å². The van der Waals surface area contributed by atoms with Crippen molar-refractivity contribution in [3.05, 3.63) is 47.6 Å². The number of allylic oxidation sites excluding steroid dienone is 6. The third-order valence-corrected chi connectivity index (χ3v) is 14.1. The van der Waals surface area contributed by atoms with Crippen LogP contribution in [0.3, 0.4) is 0 Å². The number of hydrogen-bond donors (Lipinski definition) is 4. The average Bonchev–Trinajstić information content (AvgIpc) is 3.74. The Hall–Kier alpha value is -3.04. The lowest BCUT2D eigenvalue weighted by Crippen LogP contribution is -2.52. The number of rotatable bonds is 5. The van der Waals surface area contributed by atoms with Crippen LogP contribution in [0.15, 0.2) is 47.6 Å². The molecule has 2 saturated heterocycles. The van der Waals surface area contributed by atoms with Crippen molar-refractivity contribution in [3.8, 4) is 0 Å². The molecule has 13 nitrogen and oxygen atoms in total. The predicted molar refractivity (Wildman–Crippen MR) is 235 cm³/mol. The van der Waals surface area contributed by atoms with Crippen molar-refractivity contribution in [2.75, 3.05) is 20.8 Å². The lowest BCUT2D eigenvalue weighted by molar-refractivity contribution is -0.283.